The maximum absolute atomic E-state index is 12.1. The number of rotatable bonds is 14. The third kappa shape index (κ3) is 12.3. The third-order valence-electron chi connectivity index (χ3n) is 3.46. The summed E-state index contributed by atoms with van der Waals surface area (Å²) in [5.74, 6) is -0.107. The first-order valence-corrected chi connectivity index (χ1v) is 7.84. The van der Waals surface area contributed by atoms with Crippen molar-refractivity contribution in [2.45, 2.75) is 50.6 Å². The summed E-state index contributed by atoms with van der Waals surface area (Å²) < 4.78 is 0. The Balaban J connectivity index is 0. The number of hydrogen-bond acceptors (Lipinski definition) is 5. The summed E-state index contributed by atoms with van der Waals surface area (Å²) in [4.78, 5) is 23.0. The molecule has 0 saturated heterocycles. The third-order valence-corrected chi connectivity index (χ3v) is 3.46. The summed E-state index contributed by atoms with van der Waals surface area (Å²) in [5.41, 5.74) is 0. The summed E-state index contributed by atoms with van der Waals surface area (Å²) in [5, 5.41) is 11.9. The van der Waals surface area contributed by atoms with Gasteiger partial charge in [0.05, 0.1) is 6.04 Å². The van der Waals surface area contributed by atoms with Gasteiger partial charge in [-0.3, -0.25) is 4.79 Å². The molecule has 128 valence electrons. The van der Waals surface area contributed by atoms with Gasteiger partial charge < -0.3 is 26.1 Å². The van der Waals surface area contributed by atoms with Crippen LogP contribution in [0.4, 0.5) is 0 Å². The van der Waals surface area contributed by atoms with Crippen molar-refractivity contribution in [2.75, 3.05) is 34.2 Å². The van der Waals surface area contributed by atoms with Crippen LogP contribution in [-0.2, 0) is 30.7 Å². The Morgan fingerprint density at radius 2 is 1.50 bits per heavy atom. The molecule has 0 bridgehead atoms. The average Bonchev–Trinajstić information content (AvgIpc) is 2.50. The summed E-state index contributed by atoms with van der Waals surface area (Å²) in [6.07, 6.45) is 7.24. The van der Waals surface area contributed by atoms with E-state index in [1.54, 1.807) is 7.05 Å². The molecule has 2 atom stereocenters. The molecule has 0 spiro atoms. The van der Waals surface area contributed by atoms with Gasteiger partial charge in [0, 0.05) is 0 Å². The molecule has 0 radical (unpaired) electrons. The van der Waals surface area contributed by atoms with E-state index >= 15 is 0 Å². The molecule has 0 heterocycles. The molecule has 2 unspecified atom stereocenters. The Morgan fingerprint density at radius 3 is 1.95 bits per heavy atom. The van der Waals surface area contributed by atoms with Gasteiger partial charge in [0.15, 0.2) is 0 Å². The quantitative estimate of drug-likeness (QED) is 0.206. The fourth-order valence-corrected chi connectivity index (χ4v) is 2.14. The molecule has 6 nitrogen and oxygen atoms in total. The van der Waals surface area contributed by atoms with Gasteiger partial charge in [-0.25, -0.2) is 6.29 Å². The molecule has 1 amide bonds. The van der Waals surface area contributed by atoms with E-state index in [0.29, 0.717) is 6.42 Å². The fraction of sp³-hybridized carbons (Fsp3) is 0.867. The minimum atomic E-state index is -0.498. The molecule has 7 heteroatoms. The maximum atomic E-state index is 12.1. The van der Waals surface area contributed by atoms with E-state index in [2.05, 4.69) is 21.3 Å². The first-order chi connectivity index (χ1) is 10.2. The van der Waals surface area contributed by atoms with Gasteiger partial charge >= 0.3 is 21.1 Å². The number of unbranched alkanes of at least 4 members (excludes halogenated alkanes) is 2. The second-order valence-electron chi connectivity index (χ2n) is 5.22. The van der Waals surface area contributed by atoms with Crippen molar-refractivity contribution in [1.82, 2.24) is 21.3 Å². The van der Waals surface area contributed by atoms with Gasteiger partial charge in [0.25, 0.3) is 0 Å². The molecule has 0 aromatic heterocycles. The minimum Gasteiger partial charge on any atom is -0.540 e. The van der Waals surface area contributed by atoms with E-state index in [0.717, 1.165) is 45.2 Å². The van der Waals surface area contributed by atoms with Gasteiger partial charge in [-0.2, -0.15) is 0 Å². The molecule has 0 fully saturated rings. The van der Waals surface area contributed by atoms with E-state index in [4.69, 9.17) is 0 Å². The largest absolute Gasteiger partial charge is 2.00 e. The van der Waals surface area contributed by atoms with Crippen molar-refractivity contribution in [3.63, 3.8) is 0 Å². The second-order valence-corrected chi connectivity index (χ2v) is 5.22. The Kier molecular flexibility index (Phi) is 18.6. The SMILES string of the molecule is CNCCCCC([C-]=O)NC(=O)C(CCCCNC)NC.[W+2]. The van der Waals surface area contributed by atoms with E-state index in [9.17, 15) is 9.59 Å². The predicted octanol–water partition coefficient (Wildman–Crippen LogP) is -0.0542. The topological polar surface area (TPSA) is 82.3 Å². The minimum absolute atomic E-state index is 0. The summed E-state index contributed by atoms with van der Waals surface area (Å²) in [6, 6.07) is -0.738. The van der Waals surface area contributed by atoms with Crippen molar-refractivity contribution in [3.8, 4) is 0 Å². The number of carbonyl (C=O) groups is 1. The fourth-order valence-electron chi connectivity index (χ4n) is 2.14. The molecule has 0 aliphatic rings. The van der Waals surface area contributed by atoms with E-state index in [1.165, 1.54) is 0 Å². The van der Waals surface area contributed by atoms with Crippen molar-refractivity contribution in [2.24, 2.45) is 0 Å². The molecular formula is C15H31N4O2W+. The van der Waals surface area contributed by atoms with Crippen molar-refractivity contribution < 1.29 is 30.7 Å². The summed E-state index contributed by atoms with van der Waals surface area (Å²) in [6.45, 7) is 1.87. The standard InChI is InChI=1S/C15H31N4O2.W/c1-16-10-6-4-8-13(12-20)19-15(21)14(18-3)9-5-7-11-17-2;/h13-14,16-18H,4-11H2,1-3H3,(H,19,21);/q-1;+2. The zero-order valence-corrected chi connectivity index (χ0v) is 17.0. The first kappa shape index (κ1) is 24.0. The van der Waals surface area contributed by atoms with E-state index in [-0.39, 0.29) is 33.0 Å². The smallest absolute Gasteiger partial charge is 0.540 e. The van der Waals surface area contributed by atoms with Crippen molar-refractivity contribution in [3.05, 3.63) is 0 Å². The monoisotopic (exact) mass is 483 g/mol. The number of hydrogen-bond donors (Lipinski definition) is 4. The second kappa shape index (κ2) is 17.1. The Hall–Kier alpha value is -0.292. The normalized spacial score (nSPS) is 13.0. The molecule has 0 aromatic carbocycles. The van der Waals surface area contributed by atoms with Crippen LogP contribution >= 0.6 is 0 Å². The Labute approximate surface area is 149 Å². The summed E-state index contributed by atoms with van der Waals surface area (Å²) in [7, 11) is 5.59. The molecule has 4 N–H and O–H groups in total. The predicted molar refractivity (Wildman–Crippen MR) is 86.0 cm³/mol. The van der Waals surface area contributed by atoms with Crippen LogP contribution < -0.4 is 21.3 Å². The number of carbonyl (C=O) groups excluding carboxylic acids is 2. The Bertz CT molecular complexity index is 280. The van der Waals surface area contributed by atoms with Gasteiger partial charge in [-0.05, 0) is 53.5 Å². The summed E-state index contributed by atoms with van der Waals surface area (Å²) >= 11 is 0. The molecule has 22 heavy (non-hydrogen) atoms. The molecule has 0 aliphatic carbocycles. The molecular weight excluding hydrogens is 452 g/mol. The van der Waals surface area contributed by atoms with Crippen molar-refractivity contribution >= 4 is 12.2 Å². The zero-order chi connectivity index (χ0) is 15.9. The molecule has 0 aliphatic heterocycles. The van der Waals surface area contributed by atoms with E-state index < -0.39 is 6.04 Å². The van der Waals surface area contributed by atoms with Crippen LogP contribution in [0.1, 0.15) is 38.5 Å². The number of nitrogens with one attached hydrogen (secondary N) is 4. The molecule has 0 saturated carbocycles. The van der Waals surface area contributed by atoms with E-state index in [1.807, 2.05) is 20.4 Å². The van der Waals surface area contributed by atoms with Gasteiger partial charge in [-0.15, -0.1) is 0 Å². The van der Waals surface area contributed by atoms with Gasteiger partial charge in [0.2, 0.25) is 5.91 Å². The average molecular weight is 483 g/mol. The van der Waals surface area contributed by atoms with Crippen LogP contribution in [-0.4, -0.2) is 58.5 Å². The van der Waals surface area contributed by atoms with Gasteiger partial charge in [-0.1, -0.05) is 25.3 Å². The van der Waals surface area contributed by atoms with Gasteiger partial charge in [0.1, 0.15) is 0 Å². The van der Waals surface area contributed by atoms with Crippen LogP contribution in [0, 0.1) is 0 Å². The molecule has 0 aromatic rings. The van der Waals surface area contributed by atoms with Crippen LogP contribution in [0.25, 0.3) is 0 Å². The van der Waals surface area contributed by atoms with Crippen LogP contribution in [0.15, 0.2) is 0 Å². The number of likely N-dealkylation sites (N-methyl/N-ethyl adjacent to an activating group) is 1. The Morgan fingerprint density at radius 1 is 0.955 bits per heavy atom. The first-order valence-electron chi connectivity index (χ1n) is 7.84. The zero-order valence-electron chi connectivity index (χ0n) is 14.0. The van der Waals surface area contributed by atoms with Crippen LogP contribution in [0.2, 0.25) is 0 Å². The van der Waals surface area contributed by atoms with Crippen LogP contribution in [0.3, 0.4) is 0 Å². The maximum Gasteiger partial charge on any atom is 2.00 e. The number of amides is 1. The van der Waals surface area contributed by atoms with Crippen LogP contribution in [0.5, 0.6) is 0 Å². The van der Waals surface area contributed by atoms with Crippen molar-refractivity contribution in [1.29, 1.82) is 0 Å². The molecule has 0 rings (SSSR count).